The number of hydrogen-bond donors (Lipinski definition) is 3. The molecule has 12 nitrogen and oxygen atoms in total. The molecule has 6 rings (SSSR count). The van der Waals surface area contributed by atoms with Crippen LogP contribution in [-0.2, 0) is 11.3 Å². The van der Waals surface area contributed by atoms with Crippen molar-refractivity contribution in [2.75, 3.05) is 25.0 Å². The molecule has 230 valence electrons. The van der Waals surface area contributed by atoms with Gasteiger partial charge in [0, 0.05) is 54.9 Å². The van der Waals surface area contributed by atoms with Crippen LogP contribution in [0.5, 0.6) is 5.75 Å². The lowest BCUT2D eigenvalue weighted by molar-refractivity contribution is -0.133. The zero-order valence-electron chi connectivity index (χ0n) is 23.5. The molecule has 44 heavy (non-hydrogen) atoms. The van der Waals surface area contributed by atoms with Crippen LogP contribution in [-0.4, -0.2) is 72.6 Å². The summed E-state index contributed by atoms with van der Waals surface area (Å²) in [4.78, 5) is 19.3. The predicted molar refractivity (Wildman–Crippen MR) is 156 cm³/mol. The quantitative estimate of drug-likeness (QED) is 0.212. The highest BCUT2D eigenvalue weighted by molar-refractivity contribution is 6.31. The van der Waals surface area contributed by atoms with Gasteiger partial charge in [0.15, 0.2) is 11.9 Å². The molecule has 1 unspecified atom stereocenters. The van der Waals surface area contributed by atoms with Crippen LogP contribution in [0.25, 0.3) is 16.9 Å². The lowest BCUT2D eigenvalue weighted by Crippen LogP contribution is -2.46. The van der Waals surface area contributed by atoms with E-state index < -0.39 is 12.8 Å². The number of likely N-dealkylation sites (tertiary alicyclic amines) is 1. The Morgan fingerprint density at radius 2 is 2.09 bits per heavy atom. The van der Waals surface area contributed by atoms with E-state index in [-0.39, 0.29) is 51.6 Å². The zero-order valence-corrected chi connectivity index (χ0v) is 24.3. The molecule has 3 N–H and O–H groups in total. The average Bonchev–Trinajstić information content (AvgIpc) is 3.50. The minimum atomic E-state index is -3.10. The van der Waals surface area contributed by atoms with Crippen molar-refractivity contribution in [1.29, 1.82) is 5.26 Å². The molecule has 2 aliphatic rings. The molecule has 1 aliphatic carbocycles. The van der Waals surface area contributed by atoms with Gasteiger partial charge in [0.05, 0.1) is 28.9 Å². The SMILES string of the molecule is N#CC1(CNC2CCN(C(=O)Cn3cc(NC(O)c4cnn5cccnc45)c(-c4cc(Cl)ccc4OC(F)F)n3)CC2)CC1. The van der Waals surface area contributed by atoms with Crippen LogP contribution in [0.15, 0.2) is 49.1 Å². The van der Waals surface area contributed by atoms with E-state index in [1.165, 1.54) is 39.8 Å². The summed E-state index contributed by atoms with van der Waals surface area (Å²) in [6, 6.07) is 8.48. The fraction of sp³-hybridized carbons (Fsp3) is 0.414. The van der Waals surface area contributed by atoms with Crippen LogP contribution < -0.4 is 15.4 Å². The standard InChI is InChI=1S/C29H30ClF2N9O3/c30-18-2-3-23(44-28(31)32)20(12-18)25-22(37-27(43)21-13-36-41-9-1-8-34-26(21)41)14-40(38-25)15-24(42)39-10-4-19(5-11-39)35-17-29(16-33)6-7-29/h1-3,8-9,12-14,19,27-28,35,37,43H,4-7,10-11,15,17H2. The van der Waals surface area contributed by atoms with Gasteiger partial charge >= 0.3 is 6.61 Å². The van der Waals surface area contributed by atoms with Crippen molar-refractivity contribution in [3.8, 4) is 23.1 Å². The van der Waals surface area contributed by atoms with E-state index >= 15 is 0 Å². The maximum Gasteiger partial charge on any atom is 0.387 e. The van der Waals surface area contributed by atoms with Crippen molar-refractivity contribution < 1.29 is 23.4 Å². The number of aliphatic hydroxyl groups excluding tert-OH is 1. The molecular formula is C29H30ClF2N9O3. The number of alkyl halides is 2. The first-order valence-electron chi connectivity index (χ1n) is 14.2. The van der Waals surface area contributed by atoms with E-state index in [0.717, 1.165) is 25.7 Å². The minimum Gasteiger partial charge on any atom is -0.434 e. The van der Waals surface area contributed by atoms with E-state index in [9.17, 15) is 23.9 Å². The Morgan fingerprint density at radius 3 is 2.82 bits per heavy atom. The second kappa shape index (κ2) is 12.4. The smallest absolute Gasteiger partial charge is 0.387 e. The number of carbonyl (C=O) groups is 1. The van der Waals surface area contributed by atoms with Crippen LogP contribution in [0.2, 0.25) is 5.02 Å². The van der Waals surface area contributed by atoms with Crippen molar-refractivity contribution >= 4 is 28.8 Å². The Morgan fingerprint density at radius 1 is 1.30 bits per heavy atom. The number of nitrogens with one attached hydrogen (secondary N) is 2. The fourth-order valence-corrected chi connectivity index (χ4v) is 5.52. The second-order valence-corrected chi connectivity index (χ2v) is 11.5. The number of rotatable bonds is 11. The van der Waals surface area contributed by atoms with Gasteiger partial charge in [0.2, 0.25) is 5.91 Å². The molecule has 1 saturated heterocycles. The van der Waals surface area contributed by atoms with E-state index in [1.54, 1.807) is 23.4 Å². The number of anilines is 1. The third kappa shape index (κ3) is 6.45. The average molecular weight is 626 g/mol. The molecule has 1 atom stereocenters. The Kier molecular flexibility index (Phi) is 8.35. The molecule has 1 aromatic carbocycles. The lowest BCUT2D eigenvalue weighted by Gasteiger charge is -2.33. The van der Waals surface area contributed by atoms with Gasteiger partial charge in [-0.2, -0.15) is 24.2 Å². The molecule has 0 spiro atoms. The predicted octanol–water partition coefficient (Wildman–Crippen LogP) is 3.83. The minimum absolute atomic E-state index is 0.121. The summed E-state index contributed by atoms with van der Waals surface area (Å²) < 4.78 is 34.2. The number of aromatic nitrogens is 5. The highest BCUT2D eigenvalue weighted by Crippen LogP contribution is 2.44. The number of nitrogens with zero attached hydrogens (tertiary/aromatic N) is 7. The van der Waals surface area contributed by atoms with Gasteiger partial charge in [-0.05, 0) is 49.9 Å². The highest BCUT2D eigenvalue weighted by Gasteiger charge is 2.43. The summed E-state index contributed by atoms with van der Waals surface area (Å²) in [5.74, 6) is -0.336. The molecule has 0 bridgehead atoms. The zero-order chi connectivity index (χ0) is 30.8. The summed E-state index contributed by atoms with van der Waals surface area (Å²) in [5, 5.41) is 35.9. The molecule has 1 amide bonds. The van der Waals surface area contributed by atoms with E-state index in [4.69, 9.17) is 16.3 Å². The number of piperidine rings is 1. The van der Waals surface area contributed by atoms with E-state index in [2.05, 4.69) is 31.9 Å². The molecular weight excluding hydrogens is 596 g/mol. The molecule has 1 saturated carbocycles. The topological polar surface area (TPSA) is 146 Å². The van der Waals surface area contributed by atoms with Crippen LogP contribution >= 0.6 is 11.6 Å². The molecule has 4 aromatic rings. The van der Waals surface area contributed by atoms with Crippen molar-refractivity contribution in [3.05, 3.63) is 59.6 Å². The molecule has 15 heteroatoms. The number of amides is 1. The third-order valence-electron chi connectivity index (χ3n) is 8.03. The molecule has 4 heterocycles. The first-order chi connectivity index (χ1) is 21.2. The van der Waals surface area contributed by atoms with Crippen LogP contribution in [0.3, 0.4) is 0 Å². The lowest BCUT2D eigenvalue weighted by atomic mass is 10.0. The molecule has 3 aromatic heterocycles. The molecule has 0 radical (unpaired) electrons. The highest BCUT2D eigenvalue weighted by atomic mass is 35.5. The van der Waals surface area contributed by atoms with Crippen LogP contribution in [0.1, 0.15) is 37.5 Å². The van der Waals surface area contributed by atoms with Gasteiger partial charge < -0.3 is 25.4 Å². The van der Waals surface area contributed by atoms with Gasteiger partial charge in [0.1, 0.15) is 18.0 Å². The van der Waals surface area contributed by atoms with Crippen molar-refractivity contribution in [2.24, 2.45) is 5.41 Å². The molecule has 2 fully saturated rings. The summed E-state index contributed by atoms with van der Waals surface area (Å²) in [6.07, 6.45) is 8.30. The summed E-state index contributed by atoms with van der Waals surface area (Å²) in [5.41, 5.74) is 1.10. The van der Waals surface area contributed by atoms with Gasteiger partial charge in [-0.1, -0.05) is 11.6 Å². The third-order valence-corrected chi connectivity index (χ3v) is 8.27. The van der Waals surface area contributed by atoms with Gasteiger partial charge in [-0.25, -0.2) is 9.50 Å². The van der Waals surface area contributed by atoms with Crippen molar-refractivity contribution in [1.82, 2.24) is 34.6 Å². The van der Waals surface area contributed by atoms with Crippen LogP contribution in [0.4, 0.5) is 14.5 Å². The number of hydrogen-bond acceptors (Lipinski definition) is 9. The van der Waals surface area contributed by atoms with Gasteiger partial charge in [0.25, 0.3) is 0 Å². The normalized spacial score (nSPS) is 17.0. The number of carbonyl (C=O) groups excluding carboxylic acids is 1. The number of fused-ring (bicyclic) bond motifs is 1. The van der Waals surface area contributed by atoms with Crippen LogP contribution in [0, 0.1) is 16.7 Å². The number of nitriles is 1. The first-order valence-corrected chi connectivity index (χ1v) is 14.6. The number of halogens is 3. The summed E-state index contributed by atoms with van der Waals surface area (Å²) >= 11 is 6.22. The summed E-state index contributed by atoms with van der Waals surface area (Å²) in [6.45, 7) is -1.44. The monoisotopic (exact) mass is 625 g/mol. The van der Waals surface area contributed by atoms with Gasteiger partial charge in [-0.15, -0.1) is 0 Å². The largest absolute Gasteiger partial charge is 0.434 e. The van der Waals surface area contributed by atoms with E-state index in [0.29, 0.717) is 30.8 Å². The van der Waals surface area contributed by atoms with Gasteiger partial charge in [-0.3, -0.25) is 9.48 Å². The number of ether oxygens (including phenoxy) is 1. The maximum atomic E-state index is 13.3. The Labute approximate surface area is 256 Å². The Balaban J connectivity index is 1.22. The van der Waals surface area contributed by atoms with Crippen molar-refractivity contribution in [2.45, 2.75) is 51.1 Å². The maximum absolute atomic E-state index is 13.3. The molecule has 1 aliphatic heterocycles. The Hall–Kier alpha value is -4.32. The number of benzene rings is 1. The second-order valence-electron chi connectivity index (χ2n) is 11.1. The summed E-state index contributed by atoms with van der Waals surface area (Å²) in [7, 11) is 0. The first kappa shape index (κ1) is 29.7. The Bertz CT molecular complexity index is 1690. The van der Waals surface area contributed by atoms with E-state index in [1.807, 2.05) is 0 Å². The number of aliphatic hydroxyl groups is 1. The fourth-order valence-electron chi connectivity index (χ4n) is 5.35. The van der Waals surface area contributed by atoms with Crippen molar-refractivity contribution in [3.63, 3.8) is 0 Å².